The van der Waals surface area contributed by atoms with Crippen LogP contribution in [-0.4, -0.2) is 33.8 Å². The molecule has 3 heterocycles. The van der Waals surface area contributed by atoms with Gasteiger partial charge in [0.2, 0.25) is 0 Å². The van der Waals surface area contributed by atoms with Crippen LogP contribution in [-0.2, 0) is 0 Å². The van der Waals surface area contributed by atoms with E-state index in [1.54, 1.807) is 25.4 Å². The van der Waals surface area contributed by atoms with Crippen LogP contribution in [0.2, 0.25) is 0 Å². The topological polar surface area (TPSA) is 94.7 Å². The van der Waals surface area contributed by atoms with Crippen LogP contribution in [0, 0.1) is 24.0 Å². The number of rotatable bonds is 7. The zero-order valence-electron chi connectivity index (χ0n) is 21.4. The van der Waals surface area contributed by atoms with Gasteiger partial charge < -0.3 is 24.3 Å². The van der Waals surface area contributed by atoms with Gasteiger partial charge in [-0.15, -0.1) is 0 Å². The molecule has 0 amide bonds. The molecule has 2 aromatic carbocycles. The fraction of sp³-hybridized carbons (Fsp3) is 0.214. The van der Waals surface area contributed by atoms with E-state index in [1.807, 2.05) is 60.9 Å². The van der Waals surface area contributed by atoms with Crippen LogP contribution in [0.1, 0.15) is 34.7 Å². The predicted molar refractivity (Wildman–Crippen MR) is 149 cm³/mol. The standard InChI is InChI=1S/C28H27N5O4S/c1-17-15-22(18(2)31(17)24-13-12-21(37-4)16-25(24)33(34)35)27-26(23-7-5-6-14-29-23)30-28(38)32(27)19-8-10-20(36-3)11-9-19/h5-16,26-27H,1-4H3,(H,30,38)/t26-,27-/m1/s1. The van der Waals surface area contributed by atoms with Gasteiger partial charge in [0.05, 0.1) is 43.0 Å². The first-order valence-electron chi connectivity index (χ1n) is 12.0. The number of aryl methyl sites for hydroxylation is 1. The monoisotopic (exact) mass is 529 g/mol. The molecule has 0 unspecified atom stereocenters. The minimum absolute atomic E-state index is 0.0361. The van der Waals surface area contributed by atoms with Crippen molar-refractivity contribution in [3.63, 3.8) is 0 Å². The molecule has 0 saturated carbocycles. The van der Waals surface area contributed by atoms with E-state index in [0.717, 1.165) is 34.1 Å². The summed E-state index contributed by atoms with van der Waals surface area (Å²) in [7, 11) is 3.12. The van der Waals surface area contributed by atoms with Gasteiger partial charge in [0.1, 0.15) is 17.2 Å². The molecule has 0 bridgehead atoms. The number of ether oxygens (including phenoxy) is 2. The maximum atomic E-state index is 12.0. The van der Waals surface area contributed by atoms with Gasteiger partial charge in [0, 0.05) is 23.3 Å². The summed E-state index contributed by atoms with van der Waals surface area (Å²) in [6.45, 7) is 3.91. The molecule has 1 aliphatic heterocycles. The number of hydrogen-bond acceptors (Lipinski definition) is 6. The first kappa shape index (κ1) is 25.2. The molecule has 2 aromatic heterocycles. The largest absolute Gasteiger partial charge is 0.497 e. The molecule has 10 heteroatoms. The van der Waals surface area contributed by atoms with E-state index in [2.05, 4.69) is 21.3 Å². The molecule has 38 heavy (non-hydrogen) atoms. The van der Waals surface area contributed by atoms with Crippen molar-refractivity contribution >= 4 is 28.7 Å². The average Bonchev–Trinajstić information content (AvgIpc) is 3.43. The molecule has 1 aliphatic rings. The van der Waals surface area contributed by atoms with Crippen molar-refractivity contribution in [1.82, 2.24) is 14.9 Å². The Morgan fingerprint density at radius 1 is 1.00 bits per heavy atom. The molecular formula is C28H27N5O4S. The van der Waals surface area contributed by atoms with E-state index in [0.29, 0.717) is 16.5 Å². The fourth-order valence-corrected chi connectivity index (χ4v) is 5.46. The summed E-state index contributed by atoms with van der Waals surface area (Å²) in [6.07, 6.45) is 1.76. The molecule has 9 nitrogen and oxygen atoms in total. The number of nitro groups is 1. The molecule has 0 aliphatic carbocycles. The number of hydrogen-bond donors (Lipinski definition) is 1. The van der Waals surface area contributed by atoms with Gasteiger partial charge in [-0.05, 0) is 86.2 Å². The molecular weight excluding hydrogens is 502 g/mol. The number of anilines is 1. The summed E-state index contributed by atoms with van der Waals surface area (Å²) < 4.78 is 12.5. The third kappa shape index (κ3) is 4.32. The van der Waals surface area contributed by atoms with E-state index in [-0.39, 0.29) is 22.7 Å². The van der Waals surface area contributed by atoms with Crippen LogP contribution in [0.25, 0.3) is 5.69 Å². The number of aromatic nitrogens is 2. The highest BCUT2D eigenvalue weighted by atomic mass is 32.1. The van der Waals surface area contributed by atoms with Crippen molar-refractivity contribution in [3.05, 3.63) is 106 Å². The number of nitrogens with one attached hydrogen (secondary N) is 1. The Kier molecular flexibility index (Phi) is 6.73. The van der Waals surface area contributed by atoms with E-state index < -0.39 is 0 Å². The number of pyridine rings is 1. The first-order chi connectivity index (χ1) is 18.3. The highest BCUT2D eigenvalue weighted by molar-refractivity contribution is 7.80. The Morgan fingerprint density at radius 3 is 2.34 bits per heavy atom. The van der Waals surface area contributed by atoms with Gasteiger partial charge >= 0.3 is 0 Å². The van der Waals surface area contributed by atoms with Crippen molar-refractivity contribution in [2.45, 2.75) is 25.9 Å². The molecule has 4 aromatic rings. The zero-order valence-corrected chi connectivity index (χ0v) is 22.2. The van der Waals surface area contributed by atoms with Crippen molar-refractivity contribution in [1.29, 1.82) is 0 Å². The Balaban J connectivity index is 1.69. The number of methoxy groups -OCH3 is 2. The lowest BCUT2D eigenvalue weighted by molar-refractivity contribution is -0.384. The number of nitrogens with zero attached hydrogens (tertiary/aromatic N) is 4. The Labute approximate surface area is 225 Å². The van der Waals surface area contributed by atoms with Crippen LogP contribution in [0.4, 0.5) is 11.4 Å². The SMILES string of the molecule is COc1ccc(N2C(=S)N[C@H](c3ccccn3)[C@H]2c2cc(C)n(-c3ccc(OC)cc3[N+](=O)[O-])c2C)cc1. The lowest BCUT2D eigenvalue weighted by atomic mass is 9.96. The summed E-state index contributed by atoms with van der Waals surface area (Å²) in [4.78, 5) is 18.3. The maximum Gasteiger partial charge on any atom is 0.296 e. The summed E-state index contributed by atoms with van der Waals surface area (Å²) in [5.41, 5.74) is 4.88. The van der Waals surface area contributed by atoms with E-state index >= 15 is 0 Å². The summed E-state index contributed by atoms with van der Waals surface area (Å²) in [5, 5.41) is 16.0. The molecule has 0 radical (unpaired) electrons. The summed E-state index contributed by atoms with van der Waals surface area (Å²) in [6, 6.07) is 20.0. The molecule has 194 valence electrons. The first-order valence-corrected chi connectivity index (χ1v) is 12.4. The summed E-state index contributed by atoms with van der Waals surface area (Å²) in [5.74, 6) is 1.17. The smallest absolute Gasteiger partial charge is 0.296 e. The second kappa shape index (κ2) is 10.1. The zero-order chi connectivity index (χ0) is 27.0. The van der Waals surface area contributed by atoms with Crippen LogP contribution >= 0.6 is 12.2 Å². The van der Waals surface area contributed by atoms with Gasteiger partial charge in [-0.3, -0.25) is 15.1 Å². The number of benzene rings is 2. The number of thiocarbonyl (C=S) groups is 1. The third-order valence-corrected chi connectivity index (χ3v) is 7.17. The quantitative estimate of drug-likeness (QED) is 0.188. The van der Waals surface area contributed by atoms with Crippen LogP contribution in [0.3, 0.4) is 0 Å². The van der Waals surface area contributed by atoms with E-state index in [9.17, 15) is 10.1 Å². The van der Waals surface area contributed by atoms with Gasteiger partial charge in [0.15, 0.2) is 5.11 Å². The minimum Gasteiger partial charge on any atom is -0.497 e. The second-order valence-electron chi connectivity index (χ2n) is 8.97. The van der Waals surface area contributed by atoms with Gasteiger partial charge in [0.25, 0.3) is 5.69 Å². The normalized spacial score (nSPS) is 16.8. The Bertz CT molecular complexity index is 1500. The van der Waals surface area contributed by atoms with Gasteiger partial charge in [-0.25, -0.2) is 0 Å². The minimum atomic E-state index is -0.386. The van der Waals surface area contributed by atoms with E-state index in [4.69, 9.17) is 21.7 Å². The van der Waals surface area contributed by atoms with Crippen LogP contribution < -0.4 is 19.7 Å². The van der Waals surface area contributed by atoms with Crippen molar-refractivity contribution < 1.29 is 14.4 Å². The lowest BCUT2D eigenvalue weighted by Gasteiger charge is -2.28. The molecule has 2 atom stereocenters. The molecule has 0 spiro atoms. The highest BCUT2D eigenvalue weighted by Gasteiger charge is 2.42. The fourth-order valence-electron chi connectivity index (χ4n) is 5.12. The Morgan fingerprint density at radius 2 is 1.71 bits per heavy atom. The average molecular weight is 530 g/mol. The second-order valence-corrected chi connectivity index (χ2v) is 9.35. The molecule has 1 fully saturated rings. The third-order valence-electron chi connectivity index (χ3n) is 6.86. The maximum absolute atomic E-state index is 12.0. The Hall–Kier alpha value is -4.44. The van der Waals surface area contributed by atoms with Crippen molar-refractivity contribution in [2.24, 2.45) is 0 Å². The highest BCUT2D eigenvalue weighted by Crippen LogP contribution is 2.44. The molecule has 5 rings (SSSR count). The van der Waals surface area contributed by atoms with Gasteiger partial charge in [-0.2, -0.15) is 0 Å². The summed E-state index contributed by atoms with van der Waals surface area (Å²) >= 11 is 5.84. The number of nitro benzene ring substituents is 1. The molecule has 1 N–H and O–H groups in total. The van der Waals surface area contributed by atoms with Crippen molar-refractivity contribution in [3.8, 4) is 17.2 Å². The van der Waals surface area contributed by atoms with Gasteiger partial charge in [-0.1, -0.05) is 6.07 Å². The predicted octanol–water partition coefficient (Wildman–Crippen LogP) is 5.59. The molecule has 1 saturated heterocycles. The van der Waals surface area contributed by atoms with E-state index in [1.165, 1.54) is 13.2 Å². The van der Waals surface area contributed by atoms with Crippen LogP contribution in [0.5, 0.6) is 11.5 Å². The van der Waals surface area contributed by atoms with Crippen LogP contribution in [0.15, 0.2) is 72.9 Å². The lowest BCUT2D eigenvalue weighted by Crippen LogP contribution is -2.29. The van der Waals surface area contributed by atoms with Crippen molar-refractivity contribution in [2.75, 3.05) is 19.1 Å².